The fourth-order valence-corrected chi connectivity index (χ4v) is 0.679. The van der Waals surface area contributed by atoms with Crippen molar-refractivity contribution in [3.63, 3.8) is 0 Å². The van der Waals surface area contributed by atoms with Crippen molar-refractivity contribution >= 4 is 17.7 Å². The highest BCUT2D eigenvalue weighted by molar-refractivity contribution is 6.32. The van der Waals surface area contributed by atoms with Crippen molar-refractivity contribution in [3.05, 3.63) is 11.8 Å². The Kier molecular flexibility index (Phi) is 2.23. The molecule has 64 valence electrons. The zero-order valence-corrected chi connectivity index (χ0v) is 6.42. The maximum atomic E-state index is 10.7. The second kappa shape index (κ2) is 3.17. The summed E-state index contributed by atoms with van der Waals surface area (Å²) < 4.78 is 4.53. The van der Waals surface area contributed by atoms with Gasteiger partial charge in [-0.3, -0.25) is 9.59 Å². The quantitative estimate of drug-likeness (QED) is 0.431. The third-order valence-corrected chi connectivity index (χ3v) is 1.24. The van der Waals surface area contributed by atoms with Crippen LogP contribution in [-0.2, 0) is 19.1 Å². The van der Waals surface area contributed by atoms with E-state index in [0.29, 0.717) is 0 Å². The van der Waals surface area contributed by atoms with Crippen molar-refractivity contribution in [1.29, 1.82) is 0 Å². The van der Waals surface area contributed by atoms with Crippen LogP contribution in [0.4, 0.5) is 0 Å². The molecule has 0 saturated carbocycles. The second-order valence-corrected chi connectivity index (χ2v) is 2.27. The Hall–Kier alpha value is -1.65. The van der Waals surface area contributed by atoms with Gasteiger partial charge in [-0.15, -0.1) is 0 Å². The second-order valence-electron chi connectivity index (χ2n) is 2.27. The number of carbonyl (C=O) groups excluding carboxylic acids is 3. The van der Waals surface area contributed by atoms with Gasteiger partial charge < -0.3 is 10.1 Å². The van der Waals surface area contributed by atoms with Crippen molar-refractivity contribution in [1.82, 2.24) is 5.32 Å². The predicted octanol–water partition coefficient (Wildman–Crippen LogP) is -0.868. The first-order chi connectivity index (χ1) is 5.59. The molecular formula is C7H7NO4. The Labute approximate surface area is 68.4 Å². The smallest absolute Gasteiger partial charge is 0.379 e. The van der Waals surface area contributed by atoms with Gasteiger partial charge in [0.2, 0.25) is 11.7 Å². The van der Waals surface area contributed by atoms with Gasteiger partial charge in [0, 0.05) is 13.0 Å². The molecule has 5 nitrogen and oxygen atoms in total. The summed E-state index contributed by atoms with van der Waals surface area (Å²) in [5.41, 5.74) is 0. The number of Topliss-reactive ketones (excluding diaryl/α,β-unsaturated/α-hetero) is 1. The van der Waals surface area contributed by atoms with Gasteiger partial charge in [-0.2, -0.15) is 0 Å². The summed E-state index contributed by atoms with van der Waals surface area (Å²) in [6.45, 7) is 1.27. The fraction of sp³-hybridized carbons (Fsp3) is 0.286. The molecule has 12 heavy (non-hydrogen) atoms. The Balaban J connectivity index is 2.53. The zero-order valence-electron chi connectivity index (χ0n) is 6.42. The molecule has 0 spiro atoms. The number of carbonyl (C=O) groups is 3. The molecule has 0 atom stereocenters. The van der Waals surface area contributed by atoms with E-state index in [1.165, 1.54) is 0 Å². The number of ether oxygens (including phenoxy) is 1. The van der Waals surface area contributed by atoms with Crippen LogP contribution in [0.15, 0.2) is 11.8 Å². The van der Waals surface area contributed by atoms with E-state index < -0.39 is 11.8 Å². The van der Waals surface area contributed by atoms with Crippen LogP contribution in [-0.4, -0.2) is 24.2 Å². The van der Waals surface area contributed by atoms with Crippen molar-refractivity contribution in [2.24, 2.45) is 0 Å². The van der Waals surface area contributed by atoms with Crippen molar-refractivity contribution in [3.8, 4) is 0 Å². The molecule has 5 heteroatoms. The van der Waals surface area contributed by atoms with E-state index >= 15 is 0 Å². The minimum atomic E-state index is -0.947. The van der Waals surface area contributed by atoms with Crippen molar-refractivity contribution in [2.75, 3.05) is 6.54 Å². The third kappa shape index (κ3) is 1.91. The molecule has 0 saturated heterocycles. The summed E-state index contributed by atoms with van der Waals surface area (Å²) in [6.07, 6.45) is 1.14. The Bertz CT molecular complexity index is 279. The van der Waals surface area contributed by atoms with E-state index in [1.807, 2.05) is 0 Å². The predicted molar refractivity (Wildman–Crippen MR) is 37.9 cm³/mol. The number of ketones is 1. The van der Waals surface area contributed by atoms with E-state index in [0.717, 1.165) is 13.0 Å². The molecule has 1 aliphatic heterocycles. The van der Waals surface area contributed by atoms with E-state index in [1.54, 1.807) is 0 Å². The molecule has 1 heterocycles. The maximum absolute atomic E-state index is 10.7. The molecule has 1 amide bonds. The number of amides is 1. The molecule has 0 aromatic rings. The number of esters is 1. The highest BCUT2D eigenvalue weighted by Crippen LogP contribution is 2.02. The lowest BCUT2D eigenvalue weighted by atomic mass is 10.4. The van der Waals surface area contributed by atoms with Gasteiger partial charge in [-0.05, 0) is 0 Å². The van der Waals surface area contributed by atoms with Gasteiger partial charge in [0.1, 0.15) is 5.76 Å². The van der Waals surface area contributed by atoms with Crippen LogP contribution in [0.3, 0.4) is 0 Å². The highest BCUT2D eigenvalue weighted by atomic mass is 16.5. The number of hydrogen-bond donors (Lipinski definition) is 1. The van der Waals surface area contributed by atoms with Gasteiger partial charge in [0.25, 0.3) is 0 Å². The van der Waals surface area contributed by atoms with Crippen molar-refractivity contribution in [2.45, 2.75) is 6.92 Å². The van der Waals surface area contributed by atoms with Gasteiger partial charge in [-0.1, -0.05) is 0 Å². The fourth-order valence-electron chi connectivity index (χ4n) is 0.679. The molecule has 0 bridgehead atoms. The Morgan fingerprint density at radius 1 is 1.58 bits per heavy atom. The Morgan fingerprint density at radius 3 is 2.67 bits per heavy atom. The first-order valence-corrected chi connectivity index (χ1v) is 3.31. The molecular weight excluding hydrogens is 162 g/mol. The molecule has 1 N–H and O–H groups in total. The van der Waals surface area contributed by atoms with Crippen LogP contribution in [0.5, 0.6) is 0 Å². The SMILES string of the molecule is CC(=O)C(=O)OC1=CC(=O)NC1. The molecule has 0 aromatic heterocycles. The average Bonchev–Trinajstić information content (AvgIpc) is 2.35. The maximum Gasteiger partial charge on any atom is 0.379 e. The van der Waals surface area contributed by atoms with Gasteiger partial charge in [-0.25, -0.2) is 4.79 Å². The first kappa shape index (κ1) is 8.45. The standard InChI is InChI=1S/C7H7NO4/c1-4(9)7(11)12-5-2-6(10)8-3-5/h2H,3H2,1H3,(H,8,10). The summed E-state index contributed by atoms with van der Waals surface area (Å²) in [7, 11) is 0. The molecule has 1 aliphatic rings. The zero-order chi connectivity index (χ0) is 9.14. The van der Waals surface area contributed by atoms with Crippen LogP contribution < -0.4 is 5.32 Å². The van der Waals surface area contributed by atoms with Gasteiger partial charge in [0.05, 0.1) is 6.54 Å². The Morgan fingerprint density at radius 2 is 2.25 bits per heavy atom. The van der Waals surface area contributed by atoms with Crippen LogP contribution >= 0.6 is 0 Å². The van der Waals surface area contributed by atoms with Gasteiger partial charge in [0.15, 0.2) is 0 Å². The van der Waals surface area contributed by atoms with Crippen LogP contribution in [0.1, 0.15) is 6.92 Å². The first-order valence-electron chi connectivity index (χ1n) is 3.31. The summed E-state index contributed by atoms with van der Waals surface area (Å²) in [4.78, 5) is 31.6. The molecule has 1 rings (SSSR count). The monoisotopic (exact) mass is 169 g/mol. The average molecular weight is 169 g/mol. The molecule has 0 aliphatic carbocycles. The number of rotatable bonds is 2. The highest BCUT2D eigenvalue weighted by Gasteiger charge is 2.17. The summed E-state index contributed by atoms with van der Waals surface area (Å²) >= 11 is 0. The number of nitrogens with one attached hydrogen (secondary N) is 1. The van der Waals surface area contributed by atoms with Gasteiger partial charge >= 0.3 is 5.97 Å². The largest absolute Gasteiger partial charge is 0.423 e. The minimum Gasteiger partial charge on any atom is -0.423 e. The summed E-state index contributed by atoms with van der Waals surface area (Å²) in [6, 6.07) is 0. The lowest BCUT2D eigenvalue weighted by Crippen LogP contribution is -2.18. The van der Waals surface area contributed by atoms with E-state index in [2.05, 4.69) is 10.1 Å². The summed E-state index contributed by atoms with van der Waals surface area (Å²) in [5, 5.41) is 2.39. The lowest BCUT2D eigenvalue weighted by molar-refractivity contribution is -0.149. The van der Waals surface area contributed by atoms with E-state index in [4.69, 9.17) is 0 Å². The third-order valence-electron chi connectivity index (χ3n) is 1.24. The molecule has 0 aromatic carbocycles. The molecule has 0 unspecified atom stereocenters. The topological polar surface area (TPSA) is 72.5 Å². The normalized spacial score (nSPS) is 15.1. The minimum absolute atomic E-state index is 0.165. The van der Waals surface area contributed by atoms with Crippen LogP contribution in [0.2, 0.25) is 0 Å². The molecule has 0 fully saturated rings. The molecule has 0 radical (unpaired) electrons. The summed E-state index contributed by atoms with van der Waals surface area (Å²) in [5.74, 6) is -1.77. The van der Waals surface area contributed by atoms with E-state index in [-0.39, 0.29) is 18.2 Å². The number of hydrogen-bond acceptors (Lipinski definition) is 4. The van der Waals surface area contributed by atoms with Crippen molar-refractivity contribution < 1.29 is 19.1 Å². The van der Waals surface area contributed by atoms with Crippen LogP contribution in [0.25, 0.3) is 0 Å². The van der Waals surface area contributed by atoms with E-state index in [9.17, 15) is 14.4 Å². The van der Waals surface area contributed by atoms with Crippen LogP contribution in [0, 0.1) is 0 Å². The lowest BCUT2D eigenvalue weighted by Gasteiger charge is -1.99.